The van der Waals surface area contributed by atoms with Gasteiger partial charge in [-0.2, -0.15) is 0 Å². The fourth-order valence-electron chi connectivity index (χ4n) is 1.09. The summed E-state index contributed by atoms with van der Waals surface area (Å²) >= 11 is 5.51. The van der Waals surface area contributed by atoms with E-state index in [0.717, 1.165) is 5.69 Å². The number of alkyl halides is 1. The number of aromatic nitrogens is 1. The Balaban J connectivity index is 2.85. The molecule has 0 fully saturated rings. The molecule has 1 aromatic rings. The molecule has 0 amide bonds. The van der Waals surface area contributed by atoms with E-state index in [9.17, 15) is 0 Å². The van der Waals surface area contributed by atoms with Gasteiger partial charge in [0.15, 0.2) is 0 Å². The van der Waals surface area contributed by atoms with Gasteiger partial charge < -0.3 is 4.98 Å². The molecule has 0 spiro atoms. The third kappa shape index (κ3) is 2.12. The lowest BCUT2D eigenvalue weighted by atomic mass is 10.2. The summed E-state index contributed by atoms with van der Waals surface area (Å²) in [5.74, 6) is 0.567. The van der Waals surface area contributed by atoms with Crippen molar-refractivity contribution in [1.82, 2.24) is 4.98 Å². The molecule has 11 heavy (non-hydrogen) atoms. The normalized spacial score (nSPS) is 11.2. The molecule has 0 radical (unpaired) electrons. The molecule has 0 saturated heterocycles. The van der Waals surface area contributed by atoms with Crippen LogP contribution in [-0.2, 0) is 0 Å². The topological polar surface area (TPSA) is 15.8 Å². The standard InChI is InChI=1S/C9H12ClN/c1-7-6-8(2)11-9(7)4-3-5-10/h3-4,6,11H,5H2,1-2H3. The molecule has 0 atom stereocenters. The summed E-state index contributed by atoms with van der Waals surface area (Å²) in [4.78, 5) is 3.23. The maximum atomic E-state index is 5.51. The van der Waals surface area contributed by atoms with Crippen molar-refractivity contribution in [3.05, 3.63) is 29.1 Å². The number of H-pyrrole nitrogens is 1. The number of rotatable bonds is 2. The second-order valence-corrected chi connectivity index (χ2v) is 2.91. The monoisotopic (exact) mass is 169 g/mol. The molecule has 1 nitrogen and oxygen atoms in total. The third-order valence-corrected chi connectivity index (χ3v) is 1.74. The Morgan fingerprint density at radius 1 is 1.55 bits per heavy atom. The first-order valence-electron chi connectivity index (χ1n) is 3.62. The van der Waals surface area contributed by atoms with E-state index in [1.807, 2.05) is 19.1 Å². The van der Waals surface area contributed by atoms with Crippen LogP contribution in [0, 0.1) is 13.8 Å². The molecule has 1 heterocycles. The fourth-order valence-corrected chi connectivity index (χ4v) is 1.17. The molecular formula is C9H12ClN. The third-order valence-electron chi connectivity index (χ3n) is 1.56. The highest BCUT2D eigenvalue weighted by Gasteiger charge is 1.95. The lowest BCUT2D eigenvalue weighted by Gasteiger charge is -1.87. The first kappa shape index (κ1) is 8.41. The van der Waals surface area contributed by atoms with Gasteiger partial charge >= 0.3 is 0 Å². The molecule has 1 N–H and O–H groups in total. The van der Waals surface area contributed by atoms with E-state index < -0.39 is 0 Å². The lowest BCUT2D eigenvalue weighted by Crippen LogP contribution is -1.75. The smallest absolute Gasteiger partial charge is 0.0409 e. The maximum Gasteiger partial charge on any atom is 0.0409 e. The molecule has 1 aromatic heterocycles. The highest BCUT2D eigenvalue weighted by molar-refractivity contribution is 6.19. The van der Waals surface area contributed by atoms with Crippen molar-refractivity contribution in [2.24, 2.45) is 0 Å². The van der Waals surface area contributed by atoms with E-state index in [1.54, 1.807) is 0 Å². The second kappa shape index (κ2) is 3.63. The van der Waals surface area contributed by atoms with Gasteiger partial charge in [-0.05, 0) is 31.6 Å². The molecule has 0 aliphatic carbocycles. The number of hydrogen-bond donors (Lipinski definition) is 1. The Morgan fingerprint density at radius 2 is 2.27 bits per heavy atom. The van der Waals surface area contributed by atoms with E-state index >= 15 is 0 Å². The van der Waals surface area contributed by atoms with Crippen LogP contribution in [0.25, 0.3) is 6.08 Å². The molecule has 0 unspecified atom stereocenters. The van der Waals surface area contributed by atoms with Crippen LogP contribution in [0.15, 0.2) is 12.1 Å². The first-order valence-corrected chi connectivity index (χ1v) is 4.16. The van der Waals surface area contributed by atoms with Crippen LogP contribution in [0.1, 0.15) is 17.0 Å². The largest absolute Gasteiger partial charge is 0.359 e. The summed E-state index contributed by atoms with van der Waals surface area (Å²) in [5.41, 5.74) is 3.61. The zero-order valence-electron chi connectivity index (χ0n) is 6.82. The average Bonchev–Trinajstić information content (AvgIpc) is 2.26. The van der Waals surface area contributed by atoms with E-state index in [1.165, 1.54) is 11.3 Å². The Bertz CT molecular complexity index is 261. The Labute approximate surface area is 72.1 Å². The van der Waals surface area contributed by atoms with Crippen LogP contribution in [0.5, 0.6) is 0 Å². The zero-order valence-corrected chi connectivity index (χ0v) is 7.57. The number of nitrogens with one attached hydrogen (secondary N) is 1. The Kier molecular flexibility index (Phi) is 2.77. The van der Waals surface area contributed by atoms with Crippen molar-refractivity contribution in [1.29, 1.82) is 0 Å². The average molecular weight is 170 g/mol. The van der Waals surface area contributed by atoms with Crippen molar-refractivity contribution >= 4 is 17.7 Å². The van der Waals surface area contributed by atoms with Crippen LogP contribution in [0.3, 0.4) is 0 Å². The minimum atomic E-state index is 0.567. The van der Waals surface area contributed by atoms with E-state index in [0.29, 0.717) is 5.88 Å². The molecule has 0 saturated carbocycles. The minimum absolute atomic E-state index is 0.567. The van der Waals surface area contributed by atoms with E-state index in [2.05, 4.69) is 18.0 Å². The van der Waals surface area contributed by atoms with E-state index in [4.69, 9.17) is 11.6 Å². The number of allylic oxidation sites excluding steroid dienone is 1. The summed E-state index contributed by atoms with van der Waals surface area (Å²) in [5, 5.41) is 0. The lowest BCUT2D eigenvalue weighted by molar-refractivity contribution is 1.24. The molecule has 2 heteroatoms. The van der Waals surface area contributed by atoms with Crippen LogP contribution in [-0.4, -0.2) is 10.9 Å². The summed E-state index contributed by atoms with van der Waals surface area (Å²) in [6.45, 7) is 4.13. The zero-order chi connectivity index (χ0) is 8.27. The van der Waals surface area contributed by atoms with Gasteiger partial charge in [-0.1, -0.05) is 6.08 Å². The molecular weight excluding hydrogens is 158 g/mol. The number of aromatic amines is 1. The maximum absolute atomic E-state index is 5.51. The van der Waals surface area contributed by atoms with Crippen molar-refractivity contribution < 1.29 is 0 Å². The Hall–Kier alpha value is -0.690. The number of aryl methyl sites for hydroxylation is 2. The SMILES string of the molecule is Cc1cc(C)c(C=CCCl)[nH]1. The van der Waals surface area contributed by atoms with Gasteiger partial charge in [0.1, 0.15) is 0 Å². The molecule has 0 aliphatic rings. The van der Waals surface area contributed by atoms with Gasteiger partial charge in [0.25, 0.3) is 0 Å². The number of halogens is 1. The predicted molar refractivity (Wildman–Crippen MR) is 50.0 cm³/mol. The van der Waals surface area contributed by atoms with Crippen LogP contribution in [0.2, 0.25) is 0 Å². The van der Waals surface area contributed by atoms with Gasteiger partial charge in [-0.15, -0.1) is 11.6 Å². The van der Waals surface area contributed by atoms with Gasteiger partial charge in [-0.25, -0.2) is 0 Å². The van der Waals surface area contributed by atoms with Crippen molar-refractivity contribution in [2.75, 3.05) is 5.88 Å². The summed E-state index contributed by atoms with van der Waals surface area (Å²) in [7, 11) is 0. The minimum Gasteiger partial charge on any atom is -0.359 e. The van der Waals surface area contributed by atoms with Crippen molar-refractivity contribution in [3.63, 3.8) is 0 Å². The van der Waals surface area contributed by atoms with Crippen molar-refractivity contribution in [2.45, 2.75) is 13.8 Å². The Morgan fingerprint density at radius 3 is 2.73 bits per heavy atom. The fraction of sp³-hybridized carbons (Fsp3) is 0.333. The van der Waals surface area contributed by atoms with Crippen LogP contribution >= 0.6 is 11.6 Å². The van der Waals surface area contributed by atoms with Crippen LogP contribution in [0.4, 0.5) is 0 Å². The van der Waals surface area contributed by atoms with Gasteiger partial charge in [0.2, 0.25) is 0 Å². The number of hydrogen-bond acceptors (Lipinski definition) is 0. The molecule has 0 aromatic carbocycles. The molecule has 0 bridgehead atoms. The molecule has 60 valence electrons. The molecule has 0 aliphatic heterocycles. The predicted octanol–water partition coefficient (Wildman–Crippen LogP) is 2.88. The van der Waals surface area contributed by atoms with Gasteiger partial charge in [-0.3, -0.25) is 0 Å². The summed E-state index contributed by atoms with van der Waals surface area (Å²) in [6, 6.07) is 2.12. The quantitative estimate of drug-likeness (QED) is 0.656. The molecule has 1 rings (SSSR count). The summed E-state index contributed by atoms with van der Waals surface area (Å²) < 4.78 is 0. The van der Waals surface area contributed by atoms with Gasteiger partial charge in [0.05, 0.1) is 0 Å². The second-order valence-electron chi connectivity index (χ2n) is 2.61. The summed E-state index contributed by atoms with van der Waals surface area (Å²) in [6.07, 6.45) is 3.94. The van der Waals surface area contributed by atoms with E-state index in [-0.39, 0.29) is 0 Å². The first-order chi connectivity index (χ1) is 5.24. The highest BCUT2D eigenvalue weighted by atomic mass is 35.5. The van der Waals surface area contributed by atoms with Crippen LogP contribution < -0.4 is 0 Å². The van der Waals surface area contributed by atoms with Gasteiger partial charge in [0, 0.05) is 17.3 Å². The van der Waals surface area contributed by atoms with Crippen molar-refractivity contribution in [3.8, 4) is 0 Å². The highest BCUT2D eigenvalue weighted by Crippen LogP contribution is 2.10.